The third-order valence-corrected chi connectivity index (χ3v) is 4.69. The van der Waals surface area contributed by atoms with Gasteiger partial charge in [0.1, 0.15) is 5.82 Å². The highest BCUT2D eigenvalue weighted by atomic mass is 19.4. The lowest BCUT2D eigenvalue weighted by Gasteiger charge is -2.16. The number of hydrogen-bond acceptors (Lipinski definition) is 4. The van der Waals surface area contributed by atoms with Crippen molar-refractivity contribution in [1.29, 1.82) is 0 Å². The Balaban J connectivity index is 2.01. The molecule has 0 radical (unpaired) electrons. The van der Waals surface area contributed by atoms with E-state index in [0.717, 1.165) is 35.9 Å². The van der Waals surface area contributed by atoms with Crippen LogP contribution in [0.1, 0.15) is 43.1 Å². The highest BCUT2D eigenvalue weighted by Gasteiger charge is 2.41. The first kappa shape index (κ1) is 15.1. The second kappa shape index (κ2) is 4.82. The van der Waals surface area contributed by atoms with Crippen molar-refractivity contribution in [1.82, 2.24) is 19.8 Å². The van der Waals surface area contributed by atoms with Crippen LogP contribution in [0.25, 0.3) is 5.65 Å². The van der Waals surface area contributed by atoms with E-state index in [2.05, 4.69) is 27.5 Å². The summed E-state index contributed by atoms with van der Waals surface area (Å²) in [4.78, 5) is 0. The minimum Gasteiger partial charge on any atom is -0.368 e. The molecule has 1 fully saturated rings. The maximum Gasteiger partial charge on any atom is 0.453 e. The number of hydrogen-bond donors (Lipinski definition) is 1. The van der Waals surface area contributed by atoms with Crippen molar-refractivity contribution in [2.75, 3.05) is 11.9 Å². The third kappa shape index (κ3) is 2.40. The largest absolute Gasteiger partial charge is 0.453 e. The molecule has 2 aromatic heterocycles. The number of nitrogens with zero attached hydrogens (tertiary/aromatic N) is 4. The van der Waals surface area contributed by atoms with Gasteiger partial charge >= 0.3 is 6.18 Å². The van der Waals surface area contributed by atoms with Gasteiger partial charge in [0.05, 0.1) is 0 Å². The first-order valence-electron chi connectivity index (χ1n) is 7.31. The molecule has 0 saturated heterocycles. The van der Waals surface area contributed by atoms with Crippen LogP contribution in [0.5, 0.6) is 0 Å². The fourth-order valence-corrected chi connectivity index (χ4v) is 2.58. The van der Waals surface area contributed by atoms with Crippen LogP contribution in [0.2, 0.25) is 0 Å². The molecule has 2 heterocycles. The van der Waals surface area contributed by atoms with Gasteiger partial charge in [-0.25, -0.2) is 0 Å². The summed E-state index contributed by atoms with van der Waals surface area (Å²) in [7, 11) is 0. The Morgan fingerprint density at radius 3 is 2.41 bits per heavy atom. The van der Waals surface area contributed by atoms with E-state index in [9.17, 15) is 13.2 Å². The number of aryl methyl sites for hydroxylation is 1. The van der Waals surface area contributed by atoms with Gasteiger partial charge in [-0.1, -0.05) is 6.92 Å². The van der Waals surface area contributed by atoms with Gasteiger partial charge in [0.2, 0.25) is 0 Å². The van der Waals surface area contributed by atoms with E-state index in [0.29, 0.717) is 11.4 Å². The summed E-state index contributed by atoms with van der Waals surface area (Å²) in [5.74, 6) is -0.625. The highest BCUT2D eigenvalue weighted by Crippen LogP contribution is 2.48. The zero-order chi connectivity index (χ0) is 16.1. The average molecular weight is 313 g/mol. The number of halogens is 3. The van der Waals surface area contributed by atoms with Crippen molar-refractivity contribution in [2.24, 2.45) is 5.41 Å². The predicted octanol–water partition coefficient (Wildman–Crippen LogP) is 3.36. The molecular weight excluding hydrogens is 295 g/mol. The van der Waals surface area contributed by atoms with Crippen LogP contribution in [0.3, 0.4) is 0 Å². The molecule has 1 N–H and O–H groups in total. The summed E-state index contributed by atoms with van der Waals surface area (Å²) in [6.07, 6.45) is -1.22. The van der Waals surface area contributed by atoms with E-state index in [1.165, 1.54) is 0 Å². The van der Waals surface area contributed by atoms with E-state index in [1.54, 1.807) is 6.92 Å². The van der Waals surface area contributed by atoms with Gasteiger partial charge in [0.25, 0.3) is 5.82 Å². The first-order chi connectivity index (χ1) is 10.3. The summed E-state index contributed by atoms with van der Waals surface area (Å²) in [6.45, 7) is 6.42. The predicted molar refractivity (Wildman–Crippen MR) is 75.7 cm³/mol. The Hall–Kier alpha value is -1.86. The van der Waals surface area contributed by atoms with Gasteiger partial charge in [-0.3, -0.25) is 0 Å². The van der Waals surface area contributed by atoms with Gasteiger partial charge in [0, 0.05) is 12.1 Å². The Morgan fingerprint density at radius 1 is 1.18 bits per heavy atom. The molecule has 0 atom stereocenters. The van der Waals surface area contributed by atoms with E-state index in [4.69, 9.17) is 0 Å². The second-order valence-corrected chi connectivity index (χ2v) is 6.06. The molecule has 22 heavy (non-hydrogen) atoms. The quantitative estimate of drug-likeness (QED) is 0.940. The number of alkyl halides is 3. The molecular formula is C14H18F3N5. The maximum atomic E-state index is 13.0. The van der Waals surface area contributed by atoms with Crippen LogP contribution in [-0.4, -0.2) is 26.4 Å². The van der Waals surface area contributed by atoms with Crippen LogP contribution >= 0.6 is 0 Å². The van der Waals surface area contributed by atoms with Gasteiger partial charge in [-0.05, 0) is 44.1 Å². The lowest BCUT2D eigenvalue weighted by Crippen LogP contribution is -2.19. The van der Waals surface area contributed by atoms with Crippen molar-refractivity contribution in [3.63, 3.8) is 0 Å². The second-order valence-electron chi connectivity index (χ2n) is 6.06. The van der Waals surface area contributed by atoms with Crippen molar-refractivity contribution >= 4 is 11.5 Å². The normalized spacial score (nSPS) is 17.0. The average Bonchev–Trinajstić information content (AvgIpc) is 3.10. The van der Waals surface area contributed by atoms with Gasteiger partial charge in [-0.2, -0.15) is 17.7 Å². The van der Waals surface area contributed by atoms with Crippen LogP contribution in [0.15, 0.2) is 0 Å². The summed E-state index contributed by atoms with van der Waals surface area (Å²) in [6, 6.07) is 0. The molecule has 0 aromatic carbocycles. The zero-order valence-corrected chi connectivity index (χ0v) is 12.8. The van der Waals surface area contributed by atoms with Crippen molar-refractivity contribution in [3.05, 3.63) is 17.0 Å². The minimum absolute atomic E-state index is 0.145. The van der Waals surface area contributed by atoms with Gasteiger partial charge < -0.3 is 5.32 Å². The number of fused-ring (bicyclic) bond motifs is 1. The summed E-state index contributed by atoms with van der Waals surface area (Å²) in [5.41, 5.74) is 1.88. The van der Waals surface area contributed by atoms with E-state index in [1.807, 2.05) is 6.92 Å². The molecule has 120 valence electrons. The molecule has 0 bridgehead atoms. The van der Waals surface area contributed by atoms with Crippen LogP contribution in [-0.2, 0) is 6.18 Å². The molecule has 2 aromatic rings. The fourth-order valence-electron chi connectivity index (χ4n) is 2.58. The minimum atomic E-state index is -4.58. The summed E-state index contributed by atoms with van der Waals surface area (Å²) >= 11 is 0. The molecule has 1 saturated carbocycles. The van der Waals surface area contributed by atoms with E-state index in [-0.39, 0.29) is 11.1 Å². The smallest absolute Gasteiger partial charge is 0.368 e. The van der Waals surface area contributed by atoms with Crippen molar-refractivity contribution in [2.45, 2.75) is 46.2 Å². The van der Waals surface area contributed by atoms with Crippen molar-refractivity contribution in [3.8, 4) is 0 Å². The Morgan fingerprint density at radius 2 is 1.86 bits per heavy atom. The molecule has 0 aliphatic heterocycles. The molecule has 0 unspecified atom stereocenters. The molecule has 3 rings (SSSR count). The third-order valence-electron chi connectivity index (χ3n) is 4.69. The number of anilines is 1. The Kier molecular flexibility index (Phi) is 3.30. The molecule has 5 nitrogen and oxygen atoms in total. The maximum absolute atomic E-state index is 13.0. The lowest BCUT2D eigenvalue weighted by atomic mass is 10.0. The monoisotopic (exact) mass is 313 g/mol. The molecule has 0 spiro atoms. The van der Waals surface area contributed by atoms with Crippen LogP contribution in [0, 0.1) is 19.3 Å². The van der Waals surface area contributed by atoms with E-state index >= 15 is 0 Å². The van der Waals surface area contributed by atoms with Gasteiger partial charge in [-0.15, -0.1) is 15.3 Å². The highest BCUT2D eigenvalue weighted by molar-refractivity contribution is 5.58. The summed E-state index contributed by atoms with van der Waals surface area (Å²) < 4.78 is 39.7. The molecule has 1 aliphatic carbocycles. The SMILES string of the molecule is CCC1(CNc2nn3c(C(F)(F)F)nnc3c(C)c2C)CC1. The van der Waals surface area contributed by atoms with Crippen LogP contribution in [0.4, 0.5) is 19.0 Å². The fraction of sp³-hybridized carbons (Fsp3) is 0.643. The van der Waals surface area contributed by atoms with E-state index < -0.39 is 12.0 Å². The number of aromatic nitrogens is 4. The van der Waals surface area contributed by atoms with Crippen LogP contribution < -0.4 is 5.32 Å². The lowest BCUT2D eigenvalue weighted by molar-refractivity contribution is -0.146. The van der Waals surface area contributed by atoms with Crippen molar-refractivity contribution < 1.29 is 13.2 Å². The standard InChI is InChI=1S/C14H18F3N5/c1-4-13(5-6-13)7-18-10-8(2)9(3)11-19-20-12(14(15,16)17)22(11)21-10/h4-7H2,1-3H3,(H,18,21). The Bertz CT molecular complexity index is 715. The first-order valence-corrected chi connectivity index (χ1v) is 7.31. The topological polar surface area (TPSA) is 55.1 Å². The number of nitrogens with one attached hydrogen (secondary N) is 1. The Labute approximate surface area is 125 Å². The summed E-state index contributed by atoms with van der Waals surface area (Å²) in [5, 5.41) is 14.2. The molecule has 8 heteroatoms. The zero-order valence-electron chi connectivity index (χ0n) is 12.8. The number of rotatable bonds is 4. The molecule has 0 amide bonds. The van der Waals surface area contributed by atoms with Gasteiger partial charge in [0.15, 0.2) is 5.65 Å². The molecule has 1 aliphatic rings.